The van der Waals surface area contributed by atoms with Crippen LogP contribution in [0.25, 0.3) is 0 Å². The lowest BCUT2D eigenvalue weighted by Crippen LogP contribution is -2.25. The maximum atomic E-state index is 11.2. The molecule has 2 fully saturated rings. The number of Topliss-reactive ketones (excluding diaryl/α,β-unsaturated/α-hetero) is 1. The van der Waals surface area contributed by atoms with Gasteiger partial charge in [-0.1, -0.05) is 19.8 Å². The second kappa shape index (κ2) is 3.65. The molecule has 0 bridgehead atoms. The molecule has 2 saturated carbocycles. The van der Waals surface area contributed by atoms with Gasteiger partial charge in [-0.15, -0.1) is 0 Å². The average Bonchev–Trinajstić information content (AvgIpc) is 2.55. The molecule has 1 N–H and O–H groups in total. The number of carbonyl (C=O) groups is 1. The Morgan fingerprint density at radius 3 is 2.43 bits per heavy atom. The van der Waals surface area contributed by atoms with E-state index in [-0.39, 0.29) is 0 Å². The standard InChI is InChI=1S/C12H20O2/c1-2-3-4-12(14)7-9-5-11(13)6-10(9)8-12/h9-10,14H,2-8H2,1H3. The van der Waals surface area contributed by atoms with Gasteiger partial charge in [-0.25, -0.2) is 0 Å². The highest BCUT2D eigenvalue weighted by Crippen LogP contribution is 2.49. The third kappa shape index (κ3) is 1.85. The molecule has 2 heteroatoms. The minimum Gasteiger partial charge on any atom is -0.390 e. The van der Waals surface area contributed by atoms with Crippen LogP contribution < -0.4 is 0 Å². The first kappa shape index (κ1) is 10.2. The monoisotopic (exact) mass is 196 g/mol. The van der Waals surface area contributed by atoms with E-state index in [1.54, 1.807) is 0 Å². The van der Waals surface area contributed by atoms with E-state index >= 15 is 0 Å². The van der Waals surface area contributed by atoms with E-state index in [0.29, 0.717) is 17.6 Å². The molecule has 80 valence electrons. The van der Waals surface area contributed by atoms with Crippen LogP contribution in [0.15, 0.2) is 0 Å². The molecule has 2 atom stereocenters. The Bertz CT molecular complexity index is 218. The summed E-state index contributed by atoms with van der Waals surface area (Å²) in [6.07, 6.45) is 6.43. The first-order valence-electron chi connectivity index (χ1n) is 5.87. The summed E-state index contributed by atoms with van der Waals surface area (Å²) in [6, 6.07) is 0. The third-order valence-electron chi connectivity index (χ3n) is 3.93. The Morgan fingerprint density at radius 2 is 1.93 bits per heavy atom. The van der Waals surface area contributed by atoms with Crippen LogP contribution in [-0.4, -0.2) is 16.5 Å². The zero-order valence-corrected chi connectivity index (χ0v) is 8.96. The summed E-state index contributed by atoms with van der Waals surface area (Å²) in [4.78, 5) is 11.2. The number of hydrogen-bond donors (Lipinski definition) is 1. The van der Waals surface area contributed by atoms with Crippen molar-refractivity contribution < 1.29 is 9.90 Å². The Morgan fingerprint density at radius 1 is 1.36 bits per heavy atom. The molecule has 2 rings (SSSR count). The maximum absolute atomic E-state index is 11.2. The van der Waals surface area contributed by atoms with Gasteiger partial charge in [0, 0.05) is 12.8 Å². The van der Waals surface area contributed by atoms with E-state index in [9.17, 15) is 9.90 Å². The van der Waals surface area contributed by atoms with E-state index in [4.69, 9.17) is 0 Å². The molecule has 2 unspecified atom stereocenters. The van der Waals surface area contributed by atoms with Crippen LogP contribution in [0.3, 0.4) is 0 Å². The number of ketones is 1. The van der Waals surface area contributed by atoms with Gasteiger partial charge in [0.2, 0.25) is 0 Å². The number of unbranched alkanes of at least 4 members (excludes halogenated alkanes) is 1. The molecule has 0 saturated heterocycles. The largest absolute Gasteiger partial charge is 0.390 e. The maximum Gasteiger partial charge on any atom is 0.133 e. The second-order valence-electron chi connectivity index (χ2n) is 5.20. The number of hydrogen-bond acceptors (Lipinski definition) is 2. The summed E-state index contributed by atoms with van der Waals surface area (Å²) in [6.45, 7) is 2.16. The van der Waals surface area contributed by atoms with Gasteiger partial charge in [-0.2, -0.15) is 0 Å². The van der Waals surface area contributed by atoms with Gasteiger partial charge in [-0.05, 0) is 31.1 Å². The van der Waals surface area contributed by atoms with Crippen molar-refractivity contribution in [1.29, 1.82) is 0 Å². The molecule has 0 aromatic carbocycles. The molecular formula is C12H20O2. The normalized spacial score (nSPS) is 41.7. The molecule has 0 amide bonds. The molecule has 2 aliphatic carbocycles. The first-order valence-corrected chi connectivity index (χ1v) is 5.87. The minimum absolute atomic E-state index is 0.414. The van der Waals surface area contributed by atoms with Crippen molar-refractivity contribution in [3.63, 3.8) is 0 Å². The summed E-state index contributed by atoms with van der Waals surface area (Å²) in [5.41, 5.74) is -0.425. The van der Waals surface area contributed by atoms with Gasteiger partial charge in [0.05, 0.1) is 5.60 Å². The van der Waals surface area contributed by atoms with E-state index in [2.05, 4.69) is 6.92 Å². The van der Waals surface area contributed by atoms with Crippen LogP contribution in [-0.2, 0) is 4.79 Å². The van der Waals surface area contributed by atoms with E-state index in [0.717, 1.165) is 44.9 Å². The molecule has 14 heavy (non-hydrogen) atoms. The smallest absolute Gasteiger partial charge is 0.133 e. The molecule has 0 radical (unpaired) electrons. The molecule has 2 aliphatic rings. The predicted octanol–water partition coefficient (Wildman–Crippen LogP) is 2.30. The number of carbonyl (C=O) groups excluding carboxylic acids is 1. The van der Waals surface area contributed by atoms with Crippen molar-refractivity contribution in [2.45, 2.75) is 57.5 Å². The van der Waals surface area contributed by atoms with E-state index in [1.807, 2.05) is 0 Å². The summed E-state index contributed by atoms with van der Waals surface area (Å²) in [5.74, 6) is 1.42. The zero-order valence-electron chi connectivity index (χ0n) is 8.96. The topological polar surface area (TPSA) is 37.3 Å². The Balaban J connectivity index is 1.92. The highest BCUT2D eigenvalue weighted by atomic mass is 16.3. The molecule has 0 aliphatic heterocycles. The minimum atomic E-state index is -0.425. The first-order chi connectivity index (χ1) is 6.63. The lowest BCUT2D eigenvalue weighted by molar-refractivity contribution is -0.118. The highest BCUT2D eigenvalue weighted by Gasteiger charge is 2.47. The van der Waals surface area contributed by atoms with E-state index < -0.39 is 5.60 Å². The fourth-order valence-electron chi connectivity index (χ4n) is 3.25. The molecule has 0 aromatic heterocycles. The van der Waals surface area contributed by atoms with Gasteiger partial charge < -0.3 is 5.11 Å². The molecule has 0 heterocycles. The molecule has 0 spiro atoms. The lowest BCUT2D eigenvalue weighted by Gasteiger charge is -2.23. The zero-order chi connectivity index (χ0) is 10.2. The van der Waals surface area contributed by atoms with Crippen molar-refractivity contribution in [1.82, 2.24) is 0 Å². The van der Waals surface area contributed by atoms with Crippen molar-refractivity contribution in [3.8, 4) is 0 Å². The van der Waals surface area contributed by atoms with Gasteiger partial charge in [0.25, 0.3) is 0 Å². The fourth-order valence-corrected chi connectivity index (χ4v) is 3.25. The predicted molar refractivity (Wildman–Crippen MR) is 54.9 cm³/mol. The van der Waals surface area contributed by atoms with Crippen molar-refractivity contribution >= 4 is 5.78 Å². The number of fused-ring (bicyclic) bond motifs is 1. The van der Waals surface area contributed by atoms with Crippen LogP contribution in [0.2, 0.25) is 0 Å². The third-order valence-corrected chi connectivity index (χ3v) is 3.93. The van der Waals surface area contributed by atoms with Crippen molar-refractivity contribution in [2.24, 2.45) is 11.8 Å². The van der Waals surface area contributed by atoms with Crippen molar-refractivity contribution in [3.05, 3.63) is 0 Å². The van der Waals surface area contributed by atoms with Crippen LogP contribution in [0.5, 0.6) is 0 Å². The molecule has 2 nitrogen and oxygen atoms in total. The van der Waals surface area contributed by atoms with Gasteiger partial charge in [-0.3, -0.25) is 4.79 Å². The Labute approximate surface area is 85.7 Å². The van der Waals surface area contributed by atoms with Crippen molar-refractivity contribution in [2.75, 3.05) is 0 Å². The van der Waals surface area contributed by atoms with Gasteiger partial charge in [0.15, 0.2) is 0 Å². The molecular weight excluding hydrogens is 176 g/mol. The van der Waals surface area contributed by atoms with E-state index in [1.165, 1.54) is 0 Å². The number of rotatable bonds is 3. The summed E-state index contributed by atoms with van der Waals surface area (Å²) >= 11 is 0. The van der Waals surface area contributed by atoms with Crippen LogP contribution in [0, 0.1) is 11.8 Å². The highest BCUT2D eigenvalue weighted by molar-refractivity contribution is 5.81. The molecule has 0 aromatic rings. The average molecular weight is 196 g/mol. The van der Waals surface area contributed by atoms with Crippen LogP contribution >= 0.6 is 0 Å². The van der Waals surface area contributed by atoms with Crippen LogP contribution in [0.4, 0.5) is 0 Å². The lowest BCUT2D eigenvalue weighted by atomic mass is 9.92. The fraction of sp³-hybridized carbons (Fsp3) is 0.917. The quantitative estimate of drug-likeness (QED) is 0.752. The van der Waals surface area contributed by atoms with Gasteiger partial charge >= 0.3 is 0 Å². The Hall–Kier alpha value is -0.370. The Kier molecular flexibility index (Phi) is 2.65. The summed E-state index contributed by atoms with van der Waals surface area (Å²) < 4.78 is 0. The summed E-state index contributed by atoms with van der Waals surface area (Å²) in [5, 5.41) is 10.3. The second-order valence-corrected chi connectivity index (χ2v) is 5.20. The van der Waals surface area contributed by atoms with Crippen LogP contribution in [0.1, 0.15) is 51.9 Å². The van der Waals surface area contributed by atoms with Gasteiger partial charge in [0.1, 0.15) is 5.78 Å². The SMILES string of the molecule is CCCCC1(O)CC2CC(=O)CC2C1. The number of aliphatic hydroxyl groups is 1. The summed E-state index contributed by atoms with van der Waals surface area (Å²) in [7, 11) is 0.